The first-order chi connectivity index (χ1) is 9.02. The Morgan fingerprint density at radius 2 is 1.63 bits per heavy atom. The van der Waals surface area contributed by atoms with Crippen molar-refractivity contribution in [1.29, 1.82) is 0 Å². The molecule has 100 valence electrons. The number of aryl methyl sites for hydroxylation is 2. The molecule has 0 heterocycles. The molecule has 1 unspecified atom stereocenters. The zero-order valence-corrected chi connectivity index (χ0v) is 11.6. The zero-order chi connectivity index (χ0) is 14.0. The molecule has 0 aromatic heterocycles. The molecule has 0 saturated heterocycles. The summed E-state index contributed by atoms with van der Waals surface area (Å²) in [6.07, 6.45) is 0. The number of hydrogen-bond acceptors (Lipinski definition) is 2. The van der Waals surface area contributed by atoms with Crippen molar-refractivity contribution in [3.63, 3.8) is 0 Å². The Balaban J connectivity index is 2.43. The molecule has 3 N–H and O–H groups in total. The monoisotopic (exact) mass is 278 g/mol. The lowest BCUT2D eigenvalue weighted by Crippen LogP contribution is -2.29. The number of hydrogen-bond donors (Lipinski definition) is 2. The van der Waals surface area contributed by atoms with Crippen LogP contribution in [0.5, 0.6) is 0 Å². The van der Waals surface area contributed by atoms with E-state index in [1.54, 1.807) is 13.0 Å². The predicted molar refractivity (Wildman–Crippen MR) is 76.5 cm³/mol. The van der Waals surface area contributed by atoms with Crippen LogP contribution in [0.3, 0.4) is 0 Å². The zero-order valence-electron chi connectivity index (χ0n) is 10.9. The summed E-state index contributed by atoms with van der Waals surface area (Å²) < 4.78 is 13.6. The van der Waals surface area contributed by atoms with E-state index >= 15 is 0 Å². The van der Waals surface area contributed by atoms with Crippen LogP contribution in [0.4, 0.5) is 4.39 Å². The van der Waals surface area contributed by atoms with Crippen LogP contribution in [0.15, 0.2) is 36.4 Å². The molecule has 2 rings (SSSR count). The fraction of sp³-hybridized carbons (Fsp3) is 0.200. The molecule has 2 nitrogen and oxygen atoms in total. The summed E-state index contributed by atoms with van der Waals surface area (Å²) in [6.45, 7) is 3.66. The summed E-state index contributed by atoms with van der Waals surface area (Å²) in [7, 11) is 0. The van der Waals surface area contributed by atoms with E-state index in [4.69, 9.17) is 17.4 Å². The minimum absolute atomic E-state index is 0.240. The van der Waals surface area contributed by atoms with Gasteiger partial charge in [-0.25, -0.2) is 9.82 Å². The molecule has 1 atom stereocenters. The summed E-state index contributed by atoms with van der Waals surface area (Å²) >= 11 is 6.12. The number of hydrazine groups is 1. The van der Waals surface area contributed by atoms with Crippen LogP contribution in [0, 0.1) is 19.7 Å². The van der Waals surface area contributed by atoms with Crippen LogP contribution in [-0.4, -0.2) is 0 Å². The van der Waals surface area contributed by atoms with Crippen molar-refractivity contribution in [3.05, 3.63) is 69.5 Å². The fourth-order valence-corrected chi connectivity index (χ4v) is 2.15. The molecule has 0 radical (unpaired) electrons. The highest BCUT2D eigenvalue weighted by molar-refractivity contribution is 6.31. The number of rotatable bonds is 3. The van der Waals surface area contributed by atoms with Crippen molar-refractivity contribution in [3.8, 4) is 0 Å². The molecule has 0 bridgehead atoms. The van der Waals surface area contributed by atoms with Crippen LogP contribution in [0.25, 0.3) is 0 Å². The van der Waals surface area contributed by atoms with Gasteiger partial charge in [0.05, 0.1) is 6.04 Å². The maximum Gasteiger partial charge on any atom is 0.126 e. The fourth-order valence-electron chi connectivity index (χ4n) is 1.96. The third kappa shape index (κ3) is 2.95. The molecule has 0 aliphatic rings. The Morgan fingerprint density at radius 3 is 2.16 bits per heavy atom. The standard InChI is InChI=1S/C15H16ClFN2/c1-9-3-5-11(7-13(9)16)15(19-18)12-6-4-10(2)14(17)8-12/h3-8,15,19H,18H2,1-2H3. The van der Waals surface area contributed by atoms with E-state index in [2.05, 4.69) is 5.43 Å². The number of nitrogens with one attached hydrogen (secondary N) is 1. The molecular weight excluding hydrogens is 263 g/mol. The molecule has 19 heavy (non-hydrogen) atoms. The quantitative estimate of drug-likeness (QED) is 0.664. The highest BCUT2D eigenvalue weighted by atomic mass is 35.5. The summed E-state index contributed by atoms with van der Waals surface area (Å²) in [4.78, 5) is 0. The minimum Gasteiger partial charge on any atom is -0.271 e. The van der Waals surface area contributed by atoms with E-state index in [0.717, 1.165) is 16.7 Å². The molecule has 0 amide bonds. The Kier molecular flexibility index (Phi) is 4.20. The lowest BCUT2D eigenvalue weighted by Gasteiger charge is -2.18. The number of nitrogens with two attached hydrogens (primary N) is 1. The third-order valence-electron chi connectivity index (χ3n) is 3.23. The lowest BCUT2D eigenvalue weighted by atomic mass is 9.97. The summed E-state index contributed by atoms with van der Waals surface area (Å²) in [5.41, 5.74) is 5.98. The smallest absolute Gasteiger partial charge is 0.126 e. The van der Waals surface area contributed by atoms with Crippen molar-refractivity contribution in [2.24, 2.45) is 5.84 Å². The van der Waals surface area contributed by atoms with Gasteiger partial charge in [0.15, 0.2) is 0 Å². The van der Waals surface area contributed by atoms with Gasteiger partial charge in [-0.15, -0.1) is 0 Å². The summed E-state index contributed by atoms with van der Waals surface area (Å²) in [5.74, 6) is 5.36. The van der Waals surface area contributed by atoms with Crippen molar-refractivity contribution >= 4 is 11.6 Å². The molecule has 2 aromatic carbocycles. The Hall–Kier alpha value is -1.42. The van der Waals surface area contributed by atoms with Crippen LogP contribution in [0.2, 0.25) is 5.02 Å². The van der Waals surface area contributed by atoms with Gasteiger partial charge < -0.3 is 0 Å². The van der Waals surface area contributed by atoms with Crippen LogP contribution in [-0.2, 0) is 0 Å². The second kappa shape index (κ2) is 5.70. The molecule has 0 fully saturated rings. The molecule has 0 spiro atoms. The van der Waals surface area contributed by atoms with Crippen molar-refractivity contribution in [1.82, 2.24) is 5.43 Å². The minimum atomic E-state index is -0.284. The van der Waals surface area contributed by atoms with Gasteiger partial charge in [0.1, 0.15) is 5.82 Å². The predicted octanol–water partition coefficient (Wildman–Crippen LogP) is 3.65. The van der Waals surface area contributed by atoms with Gasteiger partial charge in [-0.1, -0.05) is 35.9 Å². The Morgan fingerprint density at radius 1 is 1.05 bits per heavy atom. The molecular formula is C15H16ClFN2. The van der Waals surface area contributed by atoms with Gasteiger partial charge in [0, 0.05) is 5.02 Å². The van der Waals surface area contributed by atoms with E-state index in [-0.39, 0.29) is 11.9 Å². The summed E-state index contributed by atoms with van der Waals surface area (Å²) in [5, 5.41) is 0.672. The SMILES string of the molecule is Cc1ccc(C(NN)c2ccc(C)c(Cl)c2)cc1F. The van der Waals surface area contributed by atoms with Gasteiger partial charge in [-0.3, -0.25) is 5.84 Å². The highest BCUT2D eigenvalue weighted by Crippen LogP contribution is 2.26. The van der Waals surface area contributed by atoms with Crippen molar-refractivity contribution < 1.29 is 4.39 Å². The molecule has 0 aliphatic carbocycles. The first-order valence-corrected chi connectivity index (χ1v) is 6.39. The Bertz CT molecular complexity index is 547. The maximum atomic E-state index is 13.6. The molecule has 4 heteroatoms. The first-order valence-electron chi connectivity index (χ1n) is 6.01. The van der Waals surface area contributed by atoms with E-state index in [1.165, 1.54) is 6.07 Å². The van der Waals surface area contributed by atoms with E-state index in [9.17, 15) is 4.39 Å². The normalized spacial score (nSPS) is 12.5. The van der Waals surface area contributed by atoms with Crippen molar-refractivity contribution in [2.45, 2.75) is 19.9 Å². The maximum absolute atomic E-state index is 13.6. The van der Waals surface area contributed by atoms with E-state index in [1.807, 2.05) is 31.2 Å². The Labute approximate surface area is 117 Å². The van der Waals surface area contributed by atoms with Crippen LogP contribution >= 0.6 is 11.6 Å². The largest absolute Gasteiger partial charge is 0.271 e. The van der Waals surface area contributed by atoms with Gasteiger partial charge in [-0.2, -0.15) is 0 Å². The topological polar surface area (TPSA) is 38.0 Å². The number of halogens is 2. The summed E-state index contributed by atoms with van der Waals surface area (Å²) in [6, 6.07) is 10.5. The number of benzene rings is 2. The van der Waals surface area contributed by atoms with Crippen LogP contribution < -0.4 is 11.3 Å². The molecule has 0 saturated carbocycles. The van der Waals surface area contributed by atoms with Gasteiger partial charge in [0.25, 0.3) is 0 Å². The molecule has 2 aromatic rings. The van der Waals surface area contributed by atoms with Crippen LogP contribution in [0.1, 0.15) is 28.3 Å². The average Bonchev–Trinajstić information content (AvgIpc) is 2.39. The third-order valence-corrected chi connectivity index (χ3v) is 3.63. The molecule has 0 aliphatic heterocycles. The van der Waals surface area contributed by atoms with E-state index < -0.39 is 0 Å². The van der Waals surface area contributed by atoms with E-state index in [0.29, 0.717) is 10.6 Å². The van der Waals surface area contributed by atoms with Gasteiger partial charge >= 0.3 is 0 Å². The van der Waals surface area contributed by atoms with Gasteiger partial charge in [-0.05, 0) is 48.2 Å². The second-order valence-corrected chi connectivity index (χ2v) is 5.02. The lowest BCUT2D eigenvalue weighted by molar-refractivity contribution is 0.599. The van der Waals surface area contributed by atoms with Gasteiger partial charge in [0.2, 0.25) is 0 Å². The highest BCUT2D eigenvalue weighted by Gasteiger charge is 2.14. The average molecular weight is 279 g/mol. The second-order valence-electron chi connectivity index (χ2n) is 4.62. The first kappa shape index (κ1) is 14.0. The van der Waals surface area contributed by atoms with Crippen molar-refractivity contribution in [2.75, 3.05) is 0 Å².